The van der Waals surface area contributed by atoms with E-state index in [9.17, 15) is 9.59 Å². The van der Waals surface area contributed by atoms with E-state index >= 15 is 0 Å². The van der Waals surface area contributed by atoms with Crippen molar-refractivity contribution in [1.29, 1.82) is 0 Å². The van der Waals surface area contributed by atoms with Crippen LogP contribution in [0.3, 0.4) is 0 Å². The molecule has 3 heteroatoms. The van der Waals surface area contributed by atoms with Crippen LogP contribution >= 0.6 is 0 Å². The second-order valence-electron chi connectivity index (χ2n) is 6.43. The topological polar surface area (TPSA) is 46.2 Å². The first-order chi connectivity index (χ1) is 9.92. The van der Waals surface area contributed by atoms with Crippen molar-refractivity contribution in [2.75, 3.05) is 0 Å². The second kappa shape index (κ2) is 8.81. The fourth-order valence-corrected chi connectivity index (χ4v) is 2.78. The van der Waals surface area contributed by atoms with Gasteiger partial charge in [0, 0.05) is 11.6 Å². The van der Waals surface area contributed by atoms with Crippen molar-refractivity contribution in [3.63, 3.8) is 0 Å². The smallest absolute Gasteiger partial charge is 0.227 e. The van der Waals surface area contributed by atoms with E-state index < -0.39 is 0 Å². The Morgan fingerprint density at radius 3 is 2.24 bits per heavy atom. The van der Waals surface area contributed by atoms with Gasteiger partial charge in [0.05, 0.1) is 0 Å². The Kier molecular flexibility index (Phi) is 7.41. The second-order valence-corrected chi connectivity index (χ2v) is 6.43. The zero-order valence-corrected chi connectivity index (χ0v) is 13.8. The summed E-state index contributed by atoms with van der Waals surface area (Å²) in [6.07, 6.45) is 10.7. The molecule has 0 saturated heterocycles. The van der Waals surface area contributed by atoms with Crippen LogP contribution in [0.15, 0.2) is 23.9 Å². The van der Waals surface area contributed by atoms with Gasteiger partial charge in [-0.3, -0.25) is 9.59 Å². The van der Waals surface area contributed by atoms with Crippen LogP contribution in [0.5, 0.6) is 0 Å². The van der Waals surface area contributed by atoms with Crippen molar-refractivity contribution in [3.8, 4) is 0 Å². The van der Waals surface area contributed by atoms with Gasteiger partial charge in [-0.25, -0.2) is 0 Å². The predicted molar refractivity (Wildman–Crippen MR) is 86.6 cm³/mol. The molecule has 0 radical (unpaired) electrons. The zero-order chi connectivity index (χ0) is 15.8. The molecule has 0 aromatic rings. The van der Waals surface area contributed by atoms with Gasteiger partial charge in [-0.05, 0) is 56.6 Å². The molecule has 0 aromatic heterocycles. The van der Waals surface area contributed by atoms with Crippen molar-refractivity contribution in [2.45, 2.75) is 59.8 Å². The minimum Gasteiger partial charge on any atom is -0.326 e. The first kappa shape index (κ1) is 17.7. The van der Waals surface area contributed by atoms with Crippen LogP contribution in [-0.2, 0) is 9.59 Å². The van der Waals surface area contributed by atoms with E-state index in [1.807, 2.05) is 6.08 Å². The Morgan fingerprint density at radius 1 is 1.14 bits per heavy atom. The average Bonchev–Trinajstić information content (AvgIpc) is 2.44. The Hall–Kier alpha value is -1.38. The van der Waals surface area contributed by atoms with Gasteiger partial charge in [0.1, 0.15) is 0 Å². The number of nitrogens with one attached hydrogen (secondary N) is 1. The van der Waals surface area contributed by atoms with Gasteiger partial charge >= 0.3 is 0 Å². The van der Waals surface area contributed by atoms with E-state index in [2.05, 4.69) is 26.1 Å². The Bertz CT molecular complexity index is 413. The van der Waals surface area contributed by atoms with Gasteiger partial charge in [-0.15, -0.1) is 0 Å². The van der Waals surface area contributed by atoms with Crippen LogP contribution in [0.1, 0.15) is 59.8 Å². The number of ketones is 1. The highest BCUT2D eigenvalue weighted by atomic mass is 16.2. The lowest BCUT2D eigenvalue weighted by Gasteiger charge is -2.27. The van der Waals surface area contributed by atoms with Crippen LogP contribution in [0.4, 0.5) is 0 Å². The van der Waals surface area contributed by atoms with E-state index in [0.29, 0.717) is 5.92 Å². The lowest BCUT2D eigenvalue weighted by atomic mass is 9.80. The third-order valence-electron chi connectivity index (χ3n) is 4.07. The maximum absolute atomic E-state index is 12.4. The Balaban J connectivity index is 2.62. The SMILES string of the molecule is CCC1CCC(C(=O)NC(/C=C\C(C)=O)=C/C(C)C)CC1. The molecule has 1 aliphatic carbocycles. The highest BCUT2D eigenvalue weighted by molar-refractivity contribution is 5.88. The Labute approximate surface area is 128 Å². The van der Waals surface area contributed by atoms with Crippen LogP contribution in [-0.4, -0.2) is 11.7 Å². The quantitative estimate of drug-likeness (QED) is 0.594. The highest BCUT2D eigenvalue weighted by Gasteiger charge is 2.25. The molecule has 1 N–H and O–H groups in total. The number of amides is 1. The zero-order valence-electron chi connectivity index (χ0n) is 13.8. The molecule has 0 spiro atoms. The fourth-order valence-electron chi connectivity index (χ4n) is 2.78. The van der Waals surface area contributed by atoms with Crippen LogP contribution < -0.4 is 5.32 Å². The third-order valence-corrected chi connectivity index (χ3v) is 4.07. The molecule has 1 rings (SSSR count). The number of hydrogen-bond donors (Lipinski definition) is 1. The molecule has 118 valence electrons. The van der Waals surface area contributed by atoms with Crippen molar-refractivity contribution in [3.05, 3.63) is 23.9 Å². The van der Waals surface area contributed by atoms with E-state index in [1.54, 1.807) is 6.08 Å². The van der Waals surface area contributed by atoms with Gasteiger partial charge in [-0.2, -0.15) is 0 Å². The van der Waals surface area contributed by atoms with Crippen molar-refractivity contribution in [2.24, 2.45) is 17.8 Å². The molecule has 0 aromatic carbocycles. The Morgan fingerprint density at radius 2 is 1.76 bits per heavy atom. The molecule has 1 aliphatic rings. The van der Waals surface area contributed by atoms with E-state index in [0.717, 1.165) is 37.3 Å². The number of carbonyl (C=O) groups is 2. The third kappa shape index (κ3) is 6.74. The van der Waals surface area contributed by atoms with E-state index in [-0.39, 0.29) is 17.6 Å². The van der Waals surface area contributed by atoms with Gasteiger partial charge in [0.15, 0.2) is 5.78 Å². The highest BCUT2D eigenvalue weighted by Crippen LogP contribution is 2.30. The summed E-state index contributed by atoms with van der Waals surface area (Å²) in [5.74, 6) is 1.33. The summed E-state index contributed by atoms with van der Waals surface area (Å²) in [4.78, 5) is 23.4. The summed E-state index contributed by atoms with van der Waals surface area (Å²) < 4.78 is 0. The molecule has 1 saturated carbocycles. The molecule has 3 nitrogen and oxygen atoms in total. The molecular formula is C18H29NO2. The summed E-state index contributed by atoms with van der Waals surface area (Å²) >= 11 is 0. The maximum atomic E-state index is 12.4. The summed E-state index contributed by atoms with van der Waals surface area (Å²) in [5, 5.41) is 2.99. The fraction of sp³-hybridized carbons (Fsp3) is 0.667. The number of carbonyl (C=O) groups excluding carboxylic acids is 2. The molecule has 21 heavy (non-hydrogen) atoms. The number of rotatable bonds is 6. The van der Waals surface area contributed by atoms with E-state index in [1.165, 1.54) is 19.4 Å². The average molecular weight is 291 g/mol. The monoisotopic (exact) mass is 291 g/mol. The van der Waals surface area contributed by atoms with Crippen molar-refractivity contribution < 1.29 is 9.59 Å². The summed E-state index contributed by atoms with van der Waals surface area (Å²) in [7, 11) is 0. The predicted octanol–water partition coefficient (Wildman–Crippen LogP) is 4.00. The molecule has 1 amide bonds. The van der Waals surface area contributed by atoms with Gasteiger partial charge in [0.25, 0.3) is 0 Å². The number of hydrogen-bond acceptors (Lipinski definition) is 2. The minimum atomic E-state index is -0.0117. The molecule has 0 bridgehead atoms. The minimum absolute atomic E-state index is 0.0117. The first-order valence-corrected chi connectivity index (χ1v) is 8.13. The molecule has 0 unspecified atom stereocenters. The van der Waals surface area contributed by atoms with Gasteiger partial charge < -0.3 is 5.32 Å². The van der Waals surface area contributed by atoms with Crippen LogP contribution in [0.25, 0.3) is 0 Å². The largest absolute Gasteiger partial charge is 0.326 e. The van der Waals surface area contributed by atoms with Gasteiger partial charge in [-0.1, -0.05) is 33.3 Å². The number of allylic oxidation sites excluding steroid dienone is 3. The lowest BCUT2D eigenvalue weighted by molar-refractivity contribution is -0.125. The van der Waals surface area contributed by atoms with E-state index in [4.69, 9.17) is 0 Å². The van der Waals surface area contributed by atoms with Crippen LogP contribution in [0.2, 0.25) is 0 Å². The van der Waals surface area contributed by atoms with Crippen LogP contribution in [0, 0.1) is 17.8 Å². The summed E-state index contributed by atoms with van der Waals surface area (Å²) in [6.45, 7) is 7.85. The molecule has 0 aliphatic heterocycles. The summed E-state index contributed by atoms with van der Waals surface area (Å²) in [5.41, 5.74) is 0.739. The molecule has 1 fully saturated rings. The molecule has 0 heterocycles. The molecular weight excluding hydrogens is 262 g/mol. The van der Waals surface area contributed by atoms with Gasteiger partial charge in [0.2, 0.25) is 5.91 Å². The standard InChI is InChI=1S/C18H29NO2/c1-5-15-7-9-16(10-8-15)18(21)19-17(12-13(2)3)11-6-14(4)20/h6,11-13,15-16H,5,7-10H2,1-4H3,(H,19,21)/b11-6-,17-12+. The normalized spacial score (nSPS) is 23.6. The first-order valence-electron chi connectivity index (χ1n) is 8.13. The maximum Gasteiger partial charge on any atom is 0.227 e. The van der Waals surface area contributed by atoms with Crippen molar-refractivity contribution in [1.82, 2.24) is 5.32 Å². The summed E-state index contributed by atoms with van der Waals surface area (Å²) in [6, 6.07) is 0. The lowest BCUT2D eigenvalue weighted by Crippen LogP contribution is -2.32. The molecule has 0 atom stereocenters. The van der Waals surface area contributed by atoms with Crippen molar-refractivity contribution >= 4 is 11.7 Å².